The summed E-state index contributed by atoms with van der Waals surface area (Å²) >= 11 is 0. The lowest BCUT2D eigenvalue weighted by molar-refractivity contribution is 0.356. The predicted octanol–water partition coefficient (Wildman–Crippen LogP) is 5.66. The summed E-state index contributed by atoms with van der Waals surface area (Å²) < 4.78 is 0. The summed E-state index contributed by atoms with van der Waals surface area (Å²) in [7, 11) is 2.18. The maximum absolute atomic E-state index is 3.32. The molecule has 0 aliphatic carbocycles. The lowest BCUT2D eigenvalue weighted by Crippen LogP contribution is -2.20. The van der Waals surface area contributed by atoms with Gasteiger partial charge in [0.05, 0.1) is 0 Å². The molecule has 0 atom stereocenters. The van der Waals surface area contributed by atoms with Gasteiger partial charge in [-0.15, -0.1) is 0 Å². The SMILES string of the molecule is C/C(C#CC(C)(C)C)=C(/C)CN(C)Cc1cccc2ccccc12. The van der Waals surface area contributed by atoms with Crippen molar-refractivity contribution in [2.75, 3.05) is 13.6 Å². The van der Waals surface area contributed by atoms with Crippen LogP contribution in [0.2, 0.25) is 0 Å². The van der Waals surface area contributed by atoms with Crippen molar-refractivity contribution in [3.8, 4) is 11.8 Å². The van der Waals surface area contributed by atoms with Crippen molar-refractivity contribution in [2.45, 2.75) is 41.2 Å². The molecule has 0 heterocycles. The lowest BCUT2D eigenvalue weighted by Gasteiger charge is -2.19. The topological polar surface area (TPSA) is 3.24 Å². The Morgan fingerprint density at radius 2 is 1.67 bits per heavy atom. The van der Waals surface area contributed by atoms with Gasteiger partial charge in [-0.05, 0) is 69.1 Å². The van der Waals surface area contributed by atoms with Crippen LogP contribution in [0.1, 0.15) is 40.2 Å². The summed E-state index contributed by atoms with van der Waals surface area (Å²) in [5.74, 6) is 6.65. The average molecular weight is 319 g/mol. The van der Waals surface area contributed by atoms with E-state index in [9.17, 15) is 0 Å². The maximum Gasteiger partial charge on any atom is 0.0240 e. The van der Waals surface area contributed by atoms with Crippen molar-refractivity contribution in [3.63, 3.8) is 0 Å². The van der Waals surface area contributed by atoms with Crippen LogP contribution in [-0.4, -0.2) is 18.5 Å². The first kappa shape index (κ1) is 18.3. The molecule has 2 aromatic rings. The Bertz CT molecular complexity index is 789. The largest absolute Gasteiger partial charge is 0.298 e. The molecule has 126 valence electrons. The summed E-state index contributed by atoms with van der Waals surface area (Å²) in [4.78, 5) is 2.36. The first-order chi connectivity index (χ1) is 11.3. The number of rotatable bonds is 4. The van der Waals surface area contributed by atoms with E-state index in [1.165, 1.54) is 27.5 Å². The number of likely N-dealkylation sites (N-methyl/N-ethyl adjacent to an activating group) is 1. The highest BCUT2D eigenvalue weighted by Gasteiger charge is 2.07. The summed E-state index contributed by atoms with van der Waals surface area (Å²) in [5, 5.41) is 2.65. The number of nitrogens with zero attached hydrogens (tertiary/aromatic N) is 1. The van der Waals surface area contributed by atoms with Crippen molar-refractivity contribution in [2.24, 2.45) is 5.41 Å². The van der Waals surface area contributed by atoms with Crippen LogP contribution in [-0.2, 0) is 6.54 Å². The summed E-state index contributed by atoms with van der Waals surface area (Å²) in [6.45, 7) is 12.6. The van der Waals surface area contributed by atoms with E-state index in [-0.39, 0.29) is 5.41 Å². The molecule has 0 bridgehead atoms. The monoisotopic (exact) mass is 319 g/mol. The highest BCUT2D eigenvalue weighted by Crippen LogP contribution is 2.20. The van der Waals surface area contributed by atoms with Crippen molar-refractivity contribution < 1.29 is 0 Å². The first-order valence-corrected chi connectivity index (χ1v) is 8.61. The molecular weight excluding hydrogens is 290 g/mol. The molecule has 0 spiro atoms. The molecule has 0 unspecified atom stereocenters. The zero-order valence-electron chi connectivity index (χ0n) is 15.9. The number of hydrogen-bond acceptors (Lipinski definition) is 1. The van der Waals surface area contributed by atoms with Crippen molar-refractivity contribution in [1.82, 2.24) is 4.90 Å². The van der Waals surface area contributed by atoms with Crippen molar-refractivity contribution in [3.05, 3.63) is 59.2 Å². The Morgan fingerprint density at radius 3 is 2.38 bits per heavy atom. The summed E-state index contributed by atoms with van der Waals surface area (Å²) in [6.07, 6.45) is 0. The van der Waals surface area contributed by atoms with Crippen LogP contribution in [0.3, 0.4) is 0 Å². The molecule has 24 heavy (non-hydrogen) atoms. The third-order valence-electron chi connectivity index (χ3n) is 4.09. The second kappa shape index (κ2) is 7.69. The van der Waals surface area contributed by atoms with Gasteiger partial charge in [-0.2, -0.15) is 0 Å². The van der Waals surface area contributed by atoms with Crippen LogP contribution in [0.4, 0.5) is 0 Å². The second-order valence-electron chi connectivity index (χ2n) is 7.72. The number of benzene rings is 2. The zero-order chi connectivity index (χ0) is 17.7. The maximum atomic E-state index is 3.32. The molecule has 0 aliphatic heterocycles. The lowest BCUT2D eigenvalue weighted by atomic mass is 9.97. The molecule has 0 fully saturated rings. The molecule has 0 aromatic heterocycles. The van der Waals surface area contributed by atoms with Gasteiger partial charge in [-0.1, -0.05) is 54.3 Å². The fourth-order valence-corrected chi connectivity index (χ4v) is 2.69. The Morgan fingerprint density at radius 1 is 1.00 bits per heavy atom. The standard InChI is InChI=1S/C23H29N/c1-18(14-15-23(3,4)5)19(2)16-24(6)17-21-12-9-11-20-10-7-8-13-22(20)21/h7-13H,16-17H2,1-6H3/b19-18+. The minimum atomic E-state index is 0.0520. The van der Waals surface area contributed by atoms with E-state index in [1.807, 2.05) is 0 Å². The molecule has 0 saturated heterocycles. The molecule has 2 rings (SSSR count). The van der Waals surface area contributed by atoms with Crippen LogP contribution in [0.15, 0.2) is 53.6 Å². The number of hydrogen-bond donors (Lipinski definition) is 0. The van der Waals surface area contributed by atoms with Crippen molar-refractivity contribution in [1.29, 1.82) is 0 Å². The van der Waals surface area contributed by atoms with E-state index in [0.717, 1.165) is 13.1 Å². The highest BCUT2D eigenvalue weighted by atomic mass is 15.1. The van der Waals surface area contributed by atoms with Gasteiger partial charge in [0.2, 0.25) is 0 Å². The average Bonchev–Trinajstić information content (AvgIpc) is 2.52. The fourth-order valence-electron chi connectivity index (χ4n) is 2.69. The van der Waals surface area contributed by atoms with Crippen molar-refractivity contribution >= 4 is 10.8 Å². The van der Waals surface area contributed by atoms with Crippen LogP contribution in [0.5, 0.6) is 0 Å². The van der Waals surface area contributed by atoms with Gasteiger partial charge in [0.15, 0.2) is 0 Å². The van der Waals surface area contributed by atoms with Crippen LogP contribution < -0.4 is 0 Å². The minimum Gasteiger partial charge on any atom is -0.298 e. The molecule has 0 N–H and O–H groups in total. The summed E-state index contributed by atoms with van der Waals surface area (Å²) in [5.41, 5.74) is 3.96. The molecule has 1 heteroatoms. The van der Waals surface area contributed by atoms with E-state index in [0.29, 0.717) is 0 Å². The van der Waals surface area contributed by atoms with Gasteiger partial charge in [-0.3, -0.25) is 4.90 Å². The molecule has 0 radical (unpaired) electrons. The fraction of sp³-hybridized carbons (Fsp3) is 0.391. The van der Waals surface area contributed by atoms with Gasteiger partial charge in [-0.25, -0.2) is 0 Å². The van der Waals surface area contributed by atoms with Gasteiger partial charge in [0.25, 0.3) is 0 Å². The van der Waals surface area contributed by atoms with E-state index >= 15 is 0 Å². The molecule has 0 aliphatic rings. The van der Waals surface area contributed by atoms with Crippen LogP contribution in [0, 0.1) is 17.3 Å². The quantitative estimate of drug-likeness (QED) is 0.657. The van der Waals surface area contributed by atoms with Gasteiger partial charge < -0.3 is 0 Å². The molecule has 0 amide bonds. The van der Waals surface area contributed by atoms with E-state index < -0.39 is 0 Å². The smallest absolute Gasteiger partial charge is 0.0240 e. The van der Waals surface area contributed by atoms with Gasteiger partial charge in [0.1, 0.15) is 0 Å². The van der Waals surface area contributed by atoms with E-state index in [4.69, 9.17) is 0 Å². The Hall–Kier alpha value is -2.04. The number of allylic oxidation sites excluding steroid dienone is 1. The van der Waals surface area contributed by atoms with E-state index in [1.54, 1.807) is 0 Å². The number of fused-ring (bicyclic) bond motifs is 1. The second-order valence-corrected chi connectivity index (χ2v) is 7.72. The highest BCUT2D eigenvalue weighted by molar-refractivity contribution is 5.85. The van der Waals surface area contributed by atoms with Gasteiger partial charge in [0, 0.05) is 18.5 Å². The Kier molecular flexibility index (Phi) is 5.86. The van der Waals surface area contributed by atoms with E-state index in [2.05, 4.69) is 101 Å². The molecule has 2 aromatic carbocycles. The Labute approximate surface area is 147 Å². The first-order valence-electron chi connectivity index (χ1n) is 8.61. The van der Waals surface area contributed by atoms with Gasteiger partial charge >= 0.3 is 0 Å². The Balaban J connectivity index is 2.12. The summed E-state index contributed by atoms with van der Waals surface area (Å²) in [6, 6.07) is 15.1. The third-order valence-corrected chi connectivity index (χ3v) is 4.09. The molecule has 1 nitrogen and oxygen atoms in total. The van der Waals surface area contributed by atoms with Crippen LogP contribution in [0.25, 0.3) is 10.8 Å². The normalized spacial score (nSPS) is 12.8. The predicted molar refractivity (Wildman–Crippen MR) is 106 cm³/mol. The third kappa shape index (κ3) is 5.25. The molecular formula is C23H29N. The van der Waals surface area contributed by atoms with Crippen LogP contribution >= 0.6 is 0 Å². The zero-order valence-corrected chi connectivity index (χ0v) is 15.9. The minimum absolute atomic E-state index is 0.0520. The molecule has 0 saturated carbocycles.